The molecule has 0 fully saturated rings. The molecular formula is C3H6O2S. The summed E-state index contributed by atoms with van der Waals surface area (Å²) in [5.41, 5.74) is 0. The molecule has 0 saturated heterocycles. The minimum absolute atomic E-state index is 0.167. The van der Waals surface area contributed by atoms with Crippen molar-refractivity contribution in [2.75, 3.05) is 0 Å². The van der Waals surface area contributed by atoms with Crippen molar-refractivity contribution in [2.45, 2.75) is 13.8 Å². The van der Waals surface area contributed by atoms with E-state index < -0.39 is 0 Å². The van der Waals surface area contributed by atoms with Crippen molar-refractivity contribution in [3.05, 3.63) is 0 Å². The second kappa shape index (κ2) is 8.83. The first-order chi connectivity index (χ1) is 2.73. The second-order valence-corrected chi connectivity index (χ2v) is 0.908. The van der Waals surface area contributed by atoms with Gasteiger partial charge in [-0.2, -0.15) is 4.21 Å². The van der Waals surface area contributed by atoms with E-state index in [9.17, 15) is 4.79 Å². The molecule has 0 spiro atoms. The lowest BCUT2D eigenvalue weighted by atomic mass is 10.6. The van der Waals surface area contributed by atoms with Crippen LogP contribution < -0.4 is 0 Å². The Morgan fingerprint density at radius 2 is 1.33 bits per heavy atom. The van der Waals surface area contributed by atoms with Crippen LogP contribution >= 0.6 is 0 Å². The molecule has 0 aliphatic heterocycles. The highest BCUT2D eigenvalue weighted by molar-refractivity contribution is 7.44. The summed E-state index contributed by atoms with van der Waals surface area (Å²) in [5, 5.41) is 0. The average Bonchev–Trinajstić information content (AvgIpc) is 1.41. The highest BCUT2D eigenvalue weighted by Crippen LogP contribution is 1.50. The molecule has 0 aromatic heterocycles. The summed E-state index contributed by atoms with van der Waals surface area (Å²) in [4.78, 5) is 9.44. The first kappa shape index (κ1) is 9.19. The molecule has 3 heteroatoms. The highest BCUT2D eigenvalue weighted by Gasteiger charge is 1.62. The minimum Gasteiger partial charge on any atom is -0.300 e. The fourth-order valence-corrected chi connectivity index (χ4v) is 0. The summed E-state index contributed by atoms with van der Waals surface area (Å²) >= 11 is 2.83. The third-order valence-corrected chi connectivity index (χ3v) is 0. The normalized spacial score (nSPS) is 5.00. The van der Waals surface area contributed by atoms with E-state index in [1.54, 1.807) is 0 Å². The molecule has 0 aromatic carbocycles. The number of carbonyl (C=O) groups is 1. The molecule has 0 N–H and O–H groups in total. The molecule has 0 saturated carbocycles. The second-order valence-electron chi connectivity index (χ2n) is 0.908. The van der Waals surface area contributed by atoms with Crippen molar-refractivity contribution in [1.82, 2.24) is 0 Å². The highest BCUT2D eigenvalue weighted by atomic mass is 32.1. The smallest absolute Gasteiger partial charge is 0.197 e. The van der Waals surface area contributed by atoms with Crippen molar-refractivity contribution in [3.63, 3.8) is 0 Å². The van der Waals surface area contributed by atoms with E-state index >= 15 is 0 Å². The summed E-state index contributed by atoms with van der Waals surface area (Å²) in [6.45, 7) is 3.06. The first-order valence-corrected chi connectivity index (χ1v) is 1.70. The number of Topliss-reactive ketones (excluding diaryl/α,β-unsaturated/α-hetero) is 1. The molecule has 0 atom stereocenters. The molecule has 0 amide bonds. The molecule has 0 aliphatic carbocycles. The molecule has 2 nitrogen and oxygen atoms in total. The van der Waals surface area contributed by atoms with Crippen molar-refractivity contribution < 1.29 is 9.00 Å². The fourth-order valence-electron chi connectivity index (χ4n) is 0. The maximum atomic E-state index is 9.44. The monoisotopic (exact) mass is 106 g/mol. The van der Waals surface area contributed by atoms with E-state index in [1.807, 2.05) is 0 Å². The van der Waals surface area contributed by atoms with Crippen LogP contribution in [-0.2, 0) is 17.3 Å². The molecule has 0 unspecified atom stereocenters. The zero-order chi connectivity index (χ0) is 5.58. The fraction of sp³-hybridized carbons (Fsp3) is 0.667. The van der Waals surface area contributed by atoms with Gasteiger partial charge in [-0.1, -0.05) is 0 Å². The molecular weight excluding hydrogens is 100 g/mol. The summed E-state index contributed by atoms with van der Waals surface area (Å²) in [6, 6.07) is 0. The van der Waals surface area contributed by atoms with Gasteiger partial charge in [-0.15, -0.1) is 0 Å². The van der Waals surface area contributed by atoms with Crippen LogP contribution in [0.5, 0.6) is 0 Å². The van der Waals surface area contributed by atoms with Crippen LogP contribution in [0.4, 0.5) is 0 Å². The quantitative estimate of drug-likeness (QED) is 0.444. The van der Waals surface area contributed by atoms with Crippen LogP contribution in [0.2, 0.25) is 0 Å². The van der Waals surface area contributed by atoms with E-state index in [-0.39, 0.29) is 5.78 Å². The Morgan fingerprint density at radius 3 is 1.33 bits per heavy atom. The molecule has 0 rings (SSSR count). The van der Waals surface area contributed by atoms with Crippen LogP contribution in [0, 0.1) is 0 Å². The predicted octanol–water partition coefficient (Wildman–Crippen LogP) is 0.259. The lowest BCUT2D eigenvalue weighted by molar-refractivity contribution is -0.114. The number of hydrogen-bond acceptors (Lipinski definition) is 3. The van der Waals surface area contributed by atoms with Crippen LogP contribution in [0.25, 0.3) is 0 Å². The summed E-state index contributed by atoms with van der Waals surface area (Å²) in [5.74, 6) is 0.167. The number of ketones is 1. The van der Waals surface area contributed by atoms with Crippen LogP contribution in [-0.4, -0.2) is 9.99 Å². The van der Waals surface area contributed by atoms with Crippen LogP contribution in [0.3, 0.4) is 0 Å². The van der Waals surface area contributed by atoms with E-state index in [2.05, 4.69) is 12.5 Å². The van der Waals surface area contributed by atoms with Crippen molar-refractivity contribution in [1.29, 1.82) is 0 Å². The van der Waals surface area contributed by atoms with E-state index in [4.69, 9.17) is 4.21 Å². The van der Waals surface area contributed by atoms with Crippen molar-refractivity contribution in [2.24, 2.45) is 0 Å². The standard InChI is InChI=1S/C3H6O.OS/c1-3(2)4;1-2/h1-2H3;. The first-order valence-electron chi connectivity index (χ1n) is 1.37. The third-order valence-electron chi connectivity index (χ3n) is 0. The Morgan fingerprint density at radius 1 is 1.33 bits per heavy atom. The van der Waals surface area contributed by atoms with Gasteiger partial charge in [-0.05, 0) is 13.8 Å². The Bertz CT molecular complexity index is 40.1. The zero-order valence-electron chi connectivity index (χ0n) is 3.72. The van der Waals surface area contributed by atoms with Gasteiger partial charge < -0.3 is 4.79 Å². The zero-order valence-corrected chi connectivity index (χ0v) is 4.54. The predicted molar refractivity (Wildman–Crippen MR) is 24.5 cm³/mol. The molecule has 0 bridgehead atoms. The van der Waals surface area contributed by atoms with Crippen molar-refractivity contribution >= 4 is 18.3 Å². The SMILES string of the molecule is CC(C)=O.O=S. The van der Waals surface area contributed by atoms with E-state index in [0.29, 0.717) is 0 Å². The Kier molecular flexibility index (Phi) is 13.5. The molecule has 0 aromatic rings. The summed E-state index contributed by atoms with van der Waals surface area (Å²) in [6.07, 6.45) is 0. The lowest BCUT2D eigenvalue weighted by Gasteiger charge is -1.56. The van der Waals surface area contributed by atoms with Gasteiger partial charge in [0.15, 0.2) is 12.5 Å². The molecule has 0 aliphatic rings. The van der Waals surface area contributed by atoms with E-state index in [0.717, 1.165) is 0 Å². The van der Waals surface area contributed by atoms with Gasteiger partial charge >= 0.3 is 0 Å². The lowest BCUT2D eigenvalue weighted by Crippen LogP contribution is -1.69. The van der Waals surface area contributed by atoms with Gasteiger partial charge in [0.1, 0.15) is 5.78 Å². The van der Waals surface area contributed by atoms with Gasteiger partial charge in [0, 0.05) is 0 Å². The Balaban J connectivity index is 0. The van der Waals surface area contributed by atoms with Crippen molar-refractivity contribution in [3.8, 4) is 0 Å². The molecule has 0 radical (unpaired) electrons. The summed E-state index contributed by atoms with van der Waals surface area (Å²) < 4.78 is 7.83. The summed E-state index contributed by atoms with van der Waals surface area (Å²) in [7, 11) is 0. The van der Waals surface area contributed by atoms with Gasteiger partial charge in [0.05, 0.1) is 0 Å². The van der Waals surface area contributed by atoms with E-state index in [1.165, 1.54) is 13.8 Å². The number of rotatable bonds is 0. The van der Waals surface area contributed by atoms with Crippen LogP contribution in [0.15, 0.2) is 0 Å². The maximum absolute atomic E-state index is 9.44. The molecule has 36 valence electrons. The van der Waals surface area contributed by atoms with Crippen LogP contribution in [0.1, 0.15) is 13.8 Å². The topological polar surface area (TPSA) is 34.1 Å². The Labute approximate surface area is 42.1 Å². The van der Waals surface area contributed by atoms with Gasteiger partial charge in [-0.3, -0.25) is 0 Å². The third kappa shape index (κ3) is 278. The minimum atomic E-state index is 0.167. The van der Waals surface area contributed by atoms with Gasteiger partial charge in [0.25, 0.3) is 0 Å². The van der Waals surface area contributed by atoms with Gasteiger partial charge in [-0.25, -0.2) is 0 Å². The molecule has 6 heavy (non-hydrogen) atoms. The molecule has 0 heterocycles. The Hall–Kier alpha value is -0.310. The number of hydrogen-bond donors (Lipinski definition) is 0. The largest absolute Gasteiger partial charge is 0.300 e. The number of carbonyl (C=O) groups excluding carboxylic acids is 1. The average molecular weight is 106 g/mol. The van der Waals surface area contributed by atoms with Gasteiger partial charge in [0.2, 0.25) is 0 Å². The maximum Gasteiger partial charge on any atom is 0.197 e.